The van der Waals surface area contributed by atoms with Gasteiger partial charge in [-0.05, 0) is 59.7 Å². The molecule has 2 amide bonds. The average molecular weight is 487 g/mol. The number of halogens is 2. The summed E-state index contributed by atoms with van der Waals surface area (Å²) >= 11 is 12.9. The minimum absolute atomic E-state index is 0.342. The molecule has 0 spiro atoms. The summed E-state index contributed by atoms with van der Waals surface area (Å²) in [6.07, 6.45) is 0. The summed E-state index contributed by atoms with van der Waals surface area (Å²) in [6, 6.07) is 25.0. The highest BCUT2D eigenvalue weighted by atomic mass is 35.5. The number of benzene rings is 4. The Hall–Kier alpha value is -3.80. The highest BCUT2D eigenvalue weighted by Crippen LogP contribution is 2.39. The molecule has 0 atom stereocenters. The SMILES string of the molecule is NC(=O)c1ccccc1Cn1c2cc(-c3c(Cl)cccc3Cl)c[c]c2c2c(C(N)=O)cccc21. The molecule has 0 unspecified atom stereocenters. The Morgan fingerprint density at radius 2 is 1.47 bits per heavy atom. The Morgan fingerprint density at radius 3 is 2.18 bits per heavy atom. The third-order valence-corrected chi connectivity index (χ3v) is 6.55. The molecule has 0 aliphatic rings. The van der Waals surface area contributed by atoms with Gasteiger partial charge in [0, 0.05) is 44.1 Å². The molecule has 0 saturated heterocycles. The normalized spacial score (nSPS) is 11.2. The highest BCUT2D eigenvalue weighted by Gasteiger charge is 2.19. The maximum atomic E-state index is 12.3. The van der Waals surface area contributed by atoms with Crippen LogP contribution in [0.2, 0.25) is 10.0 Å². The van der Waals surface area contributed by atoms with Crippen LogP contribution in [0, 0.1) is 6.07 Å². The fraction of sp³-hybridized carbons (Fsp3) is 0.0370. The first-order valence-corrected chi connectivity index (χ1v) is 11.2. The van der Waals surface area contributed by atoms with E-state index >= 15 is 0 Å². The Morgan fingerprint density at radius 1 is 0.824 bits per heavy atom. The maximum absolute atomic E-state index is 12.3. The van der Waals surface area contributed by atoms with Crippen molar-refractivity contribution in [3.05, 3.63) is 106 Å². The zero-order chi connectivity index (χ0) is 24.0. The Bertz CT molecular complexity index is 1600. The summed E-state index contributed by atoms with van der Waals surface area (Å²) in [6.45, 7) is 0.342. The van der Waals surface area contributed by atoms with Crippen LogP contribution in [-0.4, -0.2) is 16.4 Å². The molecule has 1 heterocycles. The summed E-state index contributed by atoms with van der Waals surface area (Å²) in [5, 5.41) is 2.45. The topological polar surface area (TPSA) is 91.1 Å². The molecule has 0 aliphatic carbocycles. The number of carbonyl (C=O) groups excluding carboxylic acids is 2. The van der Waals surface area contributed by atoms with Gasteiger partial charge in [-0.2, -0.15) is 0 Å². The summed E-state index contributed by atoms with van der Waals surface area (Å²) in [5.41, 5.74) is 15.9. The first-order valence-electron chi connectivity index (χ1n) is 10.5. The van der Waals surface area contributed by atoms with Gasteiger partial charge in [-0.1, -0.05) is 53.5 Å². The van der Waals surface area contributed by atoms with Gasteiger partial charge in [-0.25, -0.2) is 0 Å². The van der Waals surface area contributed by atoms with Crippen LogP contribution < -0.4 is 11.5 Å². The lowest BCUT2D eigenvalue weighted by Gasteiger charge is -2.12. The van der Waals surface area contributed by atoms with Crippen LogP contribution in [0.15, 0.2) is 72.8 Å². The van der Waals surface area contributed by atoms with Gasteiger partial charge in [0.15, 0.2) is 0 Å². The van der Waals surface area contributed by atoms with E-state index in [1.807, 2.05) is 28.8 Å². The van der Waals surface area contributed by atoms with Crippen molar-refractivity contribution < 1.29 is 9.59 Å². The third kappa shape index (κ3) is 3.59. The Labute approximate surface area is 205 Å². The molecule has 0 saturated carbocycles. The van der Waals surface area contributed by atoms with Crippen molar-refractivity contribution in [3.8, 4) is 11.1 Å². The van der Waals surface area contributed by atoms with Crippen LogP contribution in [0.3, 0.4) is 0 Å². The van der Waals surface area contributed by atoms with Crippen LogP contribution in [0.5, 0.6) is 0 Å². The molecule has 7 heteroatoms. The molecule has 5 rings (SSSR count). The summed E-state index contributed by atoms with van der Waals surface area (Å²) in [4.78, 5) is 24.3. The van der Waals surface area contributed by atoms with Crippen molar-refractivity contribution in [2.24, 2.45) is 11.5 Å². The molecule has 5 nitrogen and oxygen atoms in total. The minimum atomic E-state index is -0.534. The van der Waals surface area contributed by atoms with Crippen LogP contribution in [0.4, 0.5) is 0 Å². The van der Waals surface area contributed by atoms with E-state index in [2.05, 4.69) is 6.07 Å². The molecule has 167 valence electrons. The smallest absolute Gasteiger partial charge is 0.249 e. The van der Waals surface area contributed by atoms with Crippen molar-refractivity contribution in [1.29, 1.82) is 0 Å². The van der Waals surface area contributed by atoms with E-state index in [1.165, 1.54) is 0 Å². The van der Waals surface area contributed by atoms with Gasteiger partial charge in [-0.3, -0.25) is 9.59 Å². The van der Waals surface area contributed by atoms with Gasteiger partial charge in [0.1, 0.15) is 0 Å². The standard InChI is InChI=1S/C27H18Cl2N3O2/c28-20-8-4-9-21(29)24(20)15-11-12-18-23(13-15)32(14-16-5-1-2-6-17(16)26(30)33)22-10-3-7-19(25(18)22)27(31)34/h1-11,13H,14H2,(H2,30,33)(H2,31,34). The molecule has 5 aromatic rings. The molecular formula is C27H18Cl2N3O2. The lowest BCUT2D eigenvalue weighted by Crippen LogP contribution is -2.15. The number of aromatic nitrogens is 1. The number of carbonyl (C=O) groups is 2. The highest BCUT2D eigenvalue weighted by molar-refractivity contribution is 6.39. The first kappa shape index (κ1) is 22.0. The zero-order valence-electron chi connectivity index (χ0n) is 17.8. The van der Waals surface area contributed by atoms with Gasteiger partial charge in [0.05, 0.1) is 11.0 Å². The predicted octanol–water partition coefficient (Wildman–Crippen LogP) is 5.81. The van der Waals surface area contributed by atoms with Crippen molar-refractivity contribution in [3.63, 3.8) is 0 Å². The van der Waals surface area contributed by atoms with Crippen LogP contribution >= 0.6 is 23.2 Å². The number of nitrogens with zero attached hydrogens (tertiary/aromatic N) is 1. The van der Waals surface area contributed by atoms with Crippen molar-refractivity contribution in [2.45, 2.75) is 6.54 Å². The number of fused-ring (bicyclic) bond motifs is 3. The van der Waals surface area contributed by atoms with E-state index < -0.39 is 11.8 Å². The number of primary amides is 2. The van der Waals surface area contributed by atoms with Crippen LogP contribution in [0.1, 0.15) is 26.3 Å². The lowest BCUT2D eigenvalue weighted by atomic mass is 10.0. The van der Waals surface area contributed by atoms with Gasteiger partial charge in [0.25, 0.3) is 0 Å². The molecule has 1 aromatic heterocycles. The van der Waals surface area contributed by atoms with E-state index in [0.29, 0.717) is 38.7 Å². The number of hydrogen-bond donors (Lipinski definition) is 2. The lowest BCUT2D eigenvalue weighted by molar-refractivity contribution is 0.0992. The predicted molar refractivity (Wildman–Crippen MR) is 136 cm³/mol. The second-order valence-electron chi connectivity index (χ2n) is 7.92. The van der Waals surface area contributed by atoms with E-state index in [1.54, 1.807) is 48.5 Å². The molecule has 4 aromatic carbocycles. The van der Waals surface area contributed by atoms with Crippen LogP contribution in [-0.2, 0) is 6.54 Å². The maximum Gasteiger partial charge on any atom is 0.249 e. The van der Waals surface area contributed by atoms with Crippen molar-refractivity contribution >= 4 is 56.8 Å². The minimum Gasteiger partial charge on any atom is -0.366 e. The zero-order valence-corrected chi connectivity index (χ0v) is 19.3. The molecule has 0 aliphatic heterocycles. The fourth-order valence-corrected chi connectivity index (χ4v) is 5.03. The molecular weight excluding hydrogens is 469 g/mol. The molecule has 34 heavy (non-hydrogen) atoms. The molecule has 4 N–H and O–H groups in total. The van der Waals surface area contributed by atoms with E-state index in [-0.39, 0.29) is 0 Å². The van der Waals surface area contributed by atoms with Crippen LogP contribution in [0.25, 0.3) is 32.9 Å². The number of nitrogens with two attached hydrogens (primary N) is 2. The van der Waals surface area contributed by atoms with E-state index in [0.717, 1.165) is 27.5 Å². The molecule has 1 radical (unpaired) electrons. The van der Waals surface area contributed by atoms with Gasteiger partial charge >= 0.3 is 0 Å². The average Bonchev–Trinajstić information content (AvgIpc) is 3.12. The number of rotatable bonds is 5. The van der Waals surface area contributed by atoms with E-state index in [4.69, 9.17) is 34.7 Å². The monoisotopic (exact) mass is 486 g/mol. The Balaban J connectivity index is 1.84. The fourth-order valence-electron chi connectivity index (χ4n) is 4.42. The summed E-state index contributed by atoms with van der Waals surface area (Å²) in [5.74, 6) is -1.04. The van der Waals surface area contributed by atoms with Gasteiger partial charge < -0.3 is 16.0 Å². The number of amides is 2. The second kappa shape index (κ2) is 8.52. The van der Waals surface area contributed by atoms with Gasteiger partial charge in [-0.15, -0.1) is 0 Å². The van der Waals surface area contributed by atoms with Crippen molar-refractivity contribution in [2.75, 3.05) is 0 Å². The summed E-state index contributed by atoms with van der Waals surface area (Å²) in [7, 11) is 0. The van der Waals surface area contributed by atoms with E-state index in [9.17, 15) is 9.59 Å². The quantitative estimate of drug-likeness (QED) is 0.327. The number of hydrogen-bond acceptors (Lipinski definition) is 2. The van der Waals surface area contributed by atoms with Gasteiger partial charge in [0.2, 0.25) is 11.8 Å². The molecule has 0 bridgehead atoms. The largest absolute Gasteiger partial charge is 0.366 e. The summed E-state index contributed by atoms with van der Waals surface area (Å²) < 4.78 is 2.02. The first-order chi connectivity index (χ1) is 16.4. The van der Waals surface area contributed by atoms with Crippen molar-refractivity contribution in [1.82, 2.24) is 4.57 Å². The third-order valence-electron chi connectivity index (χ3n) is 5.92. The molecule has 0 fully saturated rings. The Kier molecular flexibility index (Phi) is 5.52. The second-order valence-corrected chi connectivity index (χ2v) is 8.73.